The van der Waals surface area contributed by atoms with E-state index in [4.69, 9.17) is 5.73 Å². The third-order valence-corrected chi connectivity index (χ3v) is 4.33. The first-order valence-corrected chi connectivity index (χ1v) is 8.56. The Labute approximate surface area is 139 Å². The SMILES string of the molecule is CCN(CC)CCCC(C)Nc1nc(N)nc2c(C)cccc12. The van der Waals surface area contributed by atoms with Gasteiger partial charge in [0.05, 0.1) is 5.52 Å². The lowest BCUT2D eigenvalue weighted by Gasteiger charge is -2.20. The van der Waals surface area contributed by atoms with Crippen LogP contribution in [0.1, 0.15) is 39.2 Å². The minimum atomic E-state index is 0.324. The molecule has 5 nitrogen and oxygen atoms in total. The lowest BCUT2D eigenvalue weighted by atomic mass is 10.1. The number of aryl methyl sites for hydroxylation is 1. The summed E-state index contributed by atoms with van der Waals surface area (Å²) in [6, 6.07) is 6.48. The maximum absolute atomic E-state index is 5.88. The molecule has 1 heterocycles. The number of anilines is 2. The molecular formula is C18H29N5. The van der Waals surface area contributed by atoms with Gasteiger partial charge in [-0.05, 0) is 58.0 Å². The van der Waals surface area contributed by atoms with E-state index in [1.54, 1.807) is 0 Å². The summed E-state index contributed by atoms with van der Waals surface area (Å²) < 4.78 is 0. The van der Waals surface area contributed by atoms with E-state index in [1.807, 2.05) is 25.1 Å². The van der Waals surface area contributed by atoms with Crippen LogP contribution in [0.2, 0.25) is 0 Å². The van der Waals surface area contributed by atoms with Crippen molar-refractivity contribution >= 4 is 22.7 Å². The molecule has 1 atom stereocenters. The highest BCUT2D eigenvalue weighted by molar-refractivity contribution is 5.92. The number of nitrogens with one attached hydrogen (secondary N) is 1. The molecule has 0 spiro atoms. The van der Waals surface area contributed by atoms with Gasteiger partial charge in [-0.2, -0.15) is 4.98 Å². The summed E-state index contributed by atoms with van der Waals surface area (Å²) in [6.07, 6.45) is 2.28. The van der Waals surface area contributed by atoms with Gasteiger partial charge >= 0.3 is 0 Å². The predicted octanol–water partition coefficient (Wildman–Crippen LogP) is 3.44. The van der Waals surface area contributed by atoms with Gasteiger partial charge in [0.25, 0.3) is 0 Å². The Morgan fingerprint density at radius 2 is 1.96 bits per heavy atom. The monoisotopic (exact) mass is 315 g/mol. The van der Waals surface area contributed by atoms with Crippen LogP contribution < -0.4 is 11.1 Å². The zero-order valence-corrected chi connectivity index (χ0v) is 14.8. The fraction of sp³-hybridized carbons (Fsp3) is 0.556. The molecule has 2 aromatic rings. The molecule has 0 fully saturated rings. The molecule has 126 valence electrons. The Morgan fingerprint density at radius 3 is 2.65 bits per heavy atom. The normalized spacial score (nSPS) is 12.7. The Morgan fingerprint density at radius 1 is 1.22 bits per heavy atom. The van der Waals surface area contributed by atoms with Crippen LogP contribution in [0.15, 0.2) is 18.2 Å². The van der Waals surface area contributed by atoms with Gasteiger partial charge in [-0.15, -0.1) is 0 Å². The smallest absolute Gasteiger partial charge is 0.222 e. The third-order valence-electron chi connectivity index (χ3n) is 4.33. The maximum atomic E-state index is 5.88. The van der Waals surface area contributed by atoms with Crippen molar-refractivity contribution < 1.29 is 0 Å². The first-order chi connectivity index (χ1) is 11.0. The van der Waals surface area contributed by atoms with Crippen LogP contribution in [-0.4, -0.2) is 40.5 Å². The van der Waals surface area contributed by atoms with Gasteiger partial charge in [0.15, 0.2) is 0 Å². The number of fused-ring (bicyclic) bond motifs is 1. The standard InChI is InChI=1S/C18H29N5/c1-5-23(6-2)12-8-10-14(4)20-17-15-11-7-9-13(3)16(15)21-18(19)22-17/h7,9,11,14H,5-6,8,10,12H2,1-4H3,(H3,19,20,21,22). The molecule has 23 heavy (non-hydrogen) atoms. The lowest BCUT2D eigenvalue weighted by Crippen LogP contribution is -2.25. The molecule has 1 aromatic heterocycles. The molecule has 0 saturated carbocycles. The molecule has 0 amide bonds. The summed E-state index contributed by atoms with van der Waals surface area (Å²) in [4.78, 5) is 11.2. The zero-order valence-electron chi connectivity index (χ0n) is 14.8. The molecule has 0 aliphatic heterocycles. The number of benzene rings is 1. The van der Waals surface area contributed by atoms with E-state index in [1.165, 1.54) is 6.42 Å². The minimum Gasteiger partial charge on any atom is -0.368 e. The van der Waals surface area contributed by atoms with Crippen molar-refractivity contribution in [3.8, 4) is 0 Å². The van der Waals surface area contributed by atoms with Crippen LogP contribution in [0.25, 0.3) is 10.9 Å². The van der Waals surface area contributed by atoms with Crippen LogP contribution in [0.5, 0.6) is 0 Å². The molecule has 0 saturated heterocycles. The Balaban J connectivity index is 2.05. The van der Waals surface area contributed by atoms with Crippen molar-refractivity contribution in [3.05, 3.63) is 23.8 Å². The van der Waals surface area contributed by atoms with E-state index >= 15 is 0 Å². The van der Waals surface area contributed by atoms with Gasteiger partial charge < -0.3 is 16.0 Å². The quantitative estimate of drug-likeness (QED) is 0.781. The van der Waals surface area contributed by atoms with Gasteiger partial charge in [-0.1, -0.05) is 26.0 Å². The molecule has 0 aliphatic carbocycles. The second kappa shape index (κ2) is 8.11. The lowest BCUT2D eigenvalue weighted by molar-refractivity contribution is 0.295. The van der Waals surface area contributed by atoms with Crippen LogP contribution in [0.4, 0.5) is 11.8 Å². The first-order valence-electron chi connectivity index (χ1n) is 8.56. The molecular weight excluding hydrogens is 286 g/mol. The highest BCUT2D eigenvalue weighted by Gasteiger charge is 2.11. The summed E-state index contributed by atoms with van der Waals surface area (Å²) in [5.41, 5.74) is 7.92. The van der Waals surface area contributed by atoms with Crippen LogP contribution in [0.3, 0.4) is 0 Å². The molecule has 0 aliphatic rings. The molecule has 5 heteroatoms. The summed E-state index contributed by atoms with van der Waals surface area (Å²) in [5, 5.41) is 4.55. The number of nitrogens with two attached hydrogens (primary N) is 1. The van der Waals surface area contributed by atoms with Crippen molar-refractivity contribution in [2.45, 2.75) is 46.6 Å². The minimum absolute atomic E-state index is 0.324. The van der Waals surface area contributed by atoms with Crippen LogP contribution in [-0.2, 0) is 0 Å². The van der Waals surface area contributed by atoms with E-state index < -0.39 is 0 Å². The molecule has 1 aromatic carbocycles. The fourth-order valence-corrected chi connectivity index (χ4v) is 2.89. The highest BCUT2D eigenvalue weighted by Crippen LogP contribution is 2.24. The Bertz CT molecular complexity index is 637. The van der Waals surface area contributed by atoms with Gasteiger partial charge in [0.1, 0.15) is 5.82 Å². The average Bonchev–Trinajstić information content (AvgIpc) is 2.52. The van der Waals surface area contributed by atoms with Gasteiger partial charge in [-0.3, -0.25) is 0 Å². The number of aromatic nitrogens is 2. The first kappa shape index (κ1) is 17.5. The Hall–Kier alpha value is -1.88. The van der Waals surface area contributed by atoms with Crippen molar-refractivity contribution in [3.63, 3.8) is 0 Å². The van der Waals surface area contributed by atoms with E-state index in [-0.39, 0.29) is 0 Å². The molecule has 1 unspecified atom stereocenters. The number of nitrogen functional groups attached to an aromatic ring is 1. The number of para-hydroxylation sites is 1. The van der Waals surface area contributed by atoms with Crippen molar-refractivity contribution in [1.29, 1.82) is 0 Å². The van der Waals surface area contributed by atoms with Gasteiger partial charge in [-0.25, -0.2) is 4.98 Å². The van der Waals surface area contributed by atoms with Crippen LogP contribution >= 0.6 is 0 Å². The summed E-state index contributed by atoms with van der Waals surface area (Å²) in [6.45, 7) is 12.0. The molecule has 0 radical (unpaired) electrons. The van der Waals surface area contributed by atoms with E-state index in [9.17, 15) is 0 Å². The average molecular weight is 315 g/mol. The molecule has 0 bridgehead atoms. The third kappa shape index (κ3) is 4.55. The number of hydrogen-bond donors (Lipinski definition) is 2. The highest BCUT2D eigenvalue weighted by atomic mass is 15.1. The van der Waals surface area contributed by atoms with Crippen molar-refractivity contribution in [2.75, 3.05) is 30.7 Å². The zero-order chi connectivity index (χ0) is 16.8. The van der Waals surface area contributed by atoms with Gasteiger partial charge in [0, 0.05) is 11.4 Å². The summed E-state index contributed by atoms with van der Waals surface area (Å²) >= 11 is 0. The van der Waals surface area contributed by atoms with Crippen molar-refractivity contribution in [1.82, 2.24) is 14.9 Å². The second-order valence-corrected chi connectivity index (χ2v) is 6.12. The molecule has 3 N–H and O–H groups in total. The molecule has 2 rings (SSSR count). The predicted molar refractivity (Wildman–Crippen MR) is 98.8 cm³/mol. The van der Waals surface area contributed by atoms with E-state index in [0.29, 0.717) is 12.0 Å². The largest absolute Gasteiger partial charge is 0.368 e. The summed E-state index contributed by atoms with van der Waals surface area (Å²) in [5.74, 6) is 1.16. The van der Waals surface area contributed by atoms with Crippen LogP contribution in [0, 0.1) is 6.92 Å². The topological polar surface area (TPSA) is 67.1 Å². The number of nitrogens with zero attached hydrogens (tertiary/aromatic N) is 3. The Kier molecular flexibility index (Phi) is 6.16. The van der Waals surface area contributed by atoms with Gasteiger partial charge in [0.2, 0.25) is 5.95 Å². The number of rotatable bonds is 8. The second-order valence-electron chi connectivity index (χ2n) is 6.12. The maximum Gasteiger partial charge on any atom is 0.222 e. The van der Waals surface area contributed by atoms with E-state index in [0.717, 1.165) is 48.3 Å². The fourth-order valence-electron chi connectivity index (χ4n) is 2.89. The summed E-state index contributed by atoms with van der Waals surface area (Å²) in [7, 11) is 0. The van der Waals surface area contributed by atoms with Crippen molar-refractivity contribution in [2.24, 2.45) is 0 Å². The number of hydrogen-bond acceptors (Lipinski definition) is 5. The van der Waals surface area contributed by atoms with E-state index in [2.05, 4.69) is 41.0 Å².